The van der Waals surface area contributed by atoms with Gasteiger partial charge in [0.25, 0.3) is 5.91 Å². The average molecular weight is 606 g/mol. The minimum Gasteiger partial charge on any atom is -0.396 e. The molecule has 1 spiro atoms. The van der Waals surface area contributed by atoms with Gasteiger partial charge in [-0.05, 0) is 54.7 Å². The summed E-state index contributed by atoms with van der Waals surface area (Å²) >= 11 is 0. The largest absolute Gasteiger partial charge is 0.396 e. The molecule has 3 aromatic carbocycles. The molecule has 0 radical (unpaired) electrons. The molecule has 2 saturated heterocycles. The van der Waals surface area contributed by atoms with E-state index in [0.717, 1.165) is 28.4 Å². The topological polar surface area (TPSA) is 90.4 Å². The number of hydrogen-bond donors (Lipinski definition) is 1. The second-order valence-corrected chi connectivity index (χ2v) is 12.8. The molecule has 45 heavy (non-hydrogen) atoms. The first-order valence-corrected chi connectivity index (χ1v) is 16.0. The van der Waals surface area contributed by atoms with E-state index >= 15 is 0 Å². The van der Waals surface area contributed by atoms with Gasteiger partial charge in [0, 0.05) is 38.5 Å². The van der Waals surface area contributed by atoms with Crippen molar-refractivity contribution < 1.29 is 24.2 Å². The molecule has 8 heteroatoms. The van der Waals surface area contributed by atoms with Crippen molar-refractivity contribution in [2.24, 2.45) is 11.8 Å². The molecule has 232 valence electrons. The fourth-order valence-electron chi connectivity index (χ4n) is 7.90. The number of amides is 3. The van der Waals surface area contributed by atoms with Crippen LogP contribution in [-0.4, -0.2) is 76.1 Å². The van der Waals surface area contributed by atoms with Crippen molar-refractivity contribution in [2.45, 2.75) is 50.0 Å². The van der Waals surface area contributed by atoms with Crippen LogP contribution in [0.5, 0.6) is 0 Å². The smallest absolute Gasteiger partial charge is 0.253 e. The Morgan fingerprint density at radius 1 is 0.800 bits per heavy atom. The third kappa shape index (κ3) is 4.87. The van der Waals surface area contributed by atoms with Crippen LogP contribution in [0.2, 0.25) is 0 Å². The van der Waals surface area contributed by atoms with Crippen molar-refractivity contribution in [3.8, 4) is 0 Å². The Morgan fingerprint density at radius 3 is 2.36 bits per heavy atom. The maximum atomic E-state index is 14.8. The zero-order chi connectivity index (χ0) is 31.2. The summed E-state index contributed by atoms with van der Waals surface area (Å²) in [4.78, 5) is 49.0. The number of ether oxygens (including phenoxy) is 1. The van der Waals surface area contributed by atoms with Gasteiger partial charge in [0.2, 0.25) is 11.8 Å². The summed E-state index contributed by atoms with van der Waals surface area (Å²) in [5.41, 5.74) is -0.605. The van der Waals surface area contributed by atoms with Crippen molar-refractivity contribution in [3.63, 3.8) is 0 Å². The van der Waals surface area contributed by atoms with Gasteiger partial charge in [0.1, 0.15) is 11.6 Å². The highest BCUT2D eigenvalue weighted by atomic mass is 16.5. The van der Waals surface area contributed by atoms with Crippen molar-refractivity contribution in [3.05, 3.63) is 103 Å². The standard InChI is InChI=1S/C37H39N3O5/c1-36-18-10-20-38(25-26-12-4-2-5-13-26)33(42)30(36)31-34(43)40(21-8-3-9-23-41)32-35(44)39(22-11-19-37(31,32)45-36)29-17-16-27-14-6-7-15-28(27)24-29/h2,4-7,10-19,24,30-32,41H,3,8-9,20-23,25H2,1H3/t30-,31+,32?,36+,37+/m1/s1. The summed E-state index contributed by atoms with van der Waals surface area (Å²) < 4.78 is 6.98. The molecule has 4 aliphatic rings. The van der Waals surface area contributed by atoms with Crippen LogP contribution in [0, 0.1) is 11.8 Å². The molecule has 7 rings (SSSR count). The van der Waals surface area contributed by atoms with E-state index in [4.69, 9.17) is 4.74 Å². The Bertz CT molecular complexity index is 1690. The van der Waals surface area contributed by atoms with Crippen LogP contribution in [0.3, 0.4) is 0 Å². The third-order valence-electron chi connectivity index (χ3n) is 9.96. The number of rotatable bonds is 8. The Balaban J connectivity index is 1.29. The quantitative estimate of drug-likeness (QED) is 0.302. The summed E-state index contributed by atoms with van der Waals surface area (Å²) in [6, 6.07) is 22.9. The summed E-state index contributed by atoms with van der Waals surface area (Å²) in [7, 11) is 0. The van der Waals surface area contributed by atoms with Crippen LogP contribution >= 0.6 is 0 Å². The van der Waals surface area contributed by atoms with Gasteiger partial charge < -0.3 is 24.5 Å². The van der Waals surface area contributed by atoms with E-state index in [-0.39, 0.29) is 24.3 Å². The number of unbranched alkanes of at least 4 members (excludes halogenated alkanes) is 2. The van der Waals surface area contributed by atoms with Gasteiger partial charge in [0.15, 0.2) is 0 Å². The van der Waals surface area contributed by atoms with Gasteiger partial charge in [0.05, 0.1) is 17.4 Å². The number of nitrogens with zero attached hydrogens (tertiary/aromatic N) is 3. The molecular weight excluding hydrogens is 566 g/mol. The number of fused-ring (bicyclic) bond motifs is 3. The van der Waals surface area contributed by atoms with Gasteiger partial charge in [-0.2, -0.15) is 0 Å². The molecular formula is C37H39N3O5. The Labute approximate surface area is 263 Å². The van der Waals surface area contributed by atoms with Crippen LogP contribution in [0.15, 0.2) is 97.1 Å². The number of aliphatic hydroxyl groups is 1. The van der Waals surface area contributed by atoms with Gasteiger partial charge in [-0.15, -0.1) is 0 Å². The fraction of sp³-hybridized carbons (Fsp3) is 0.378. The summed E-state index contributed by atoms with van der Waals surface area (Å²) in [5.74, 6) is -2.22. The van der Waals surface area contributed by atoms with Crippen LogP contribution < -0.4 is 4.90 Å². The van der Waals surface area contributed by atoms with Crippen molar-refractivity contribution >= 4 is 34.2 Å². The van der Waals surface area contributed by atoms with Gasteiger partial charge in [-0.25, -0.2) is 0 Å². The molecule has 5 atom stereocenters. The number of likely N-dealkylation sites (tertiary alicyclic amines) is 1. The average Bonchev–Trinajstić information content (AvgIpc) is 3.31. The molecule has 0 aromatic heterocycles. The van der Waals surface area contributed by atoms with E-state index in [9.17, 15) is 19.5 Å². The molecule has 0 saturated carbocycles. The SMILES string of the molecule is C[C@]12C=CCN(Cc3ccccc3)C(=O)[C@H]1[C@H]1C(=O)N(CCCCCO)C3C(=O)N(c4ccc5ccccc5c4)CC=C[C@@]31O2. The molecule has 0 bridgehead atoms. The molecule has 8 nitrogen and oxygen atoms in total. The minimum atomic E-state index is -1.30. The zero-order valence-corrected chi connectivity index (χ0v) is 25.5. The summed E-state index contributed by atoms with van der Waals surface area (Å²) in [6.45, 7) is 3.45. The number of carbonyl (C=O) groups is 3. The van der Waals surface area contributed by atoms with Crippen molar-refractivity contribution in [2.75, 3.05) is 31.1 Å². The molecule has 3 aromatic rings. The Morgan fingerprint density at radius 2 is 1.56 bits per heavy atom. The summed E-state index contributed by atoms with van der Waals surface area (Å²) in [6.07, 6.45) is 9.67. The lowest BCUT2D eigenvalue weighted by atomic mass is 9.74. The van der Waals surface area contributed by atoms with Gasteiger partial charge in [-0.1, -0.05) is 85.0 Å². The number of aliphatic hydroxyl groups excluding tert-OH is 1. The number of anilines is 1. The summed E-state index contributed by atoms with van der Waals surface area (Å²) in [5, 5.41) is 11.5. The second kappa shape index (κ2) is 11.6. The number of carbonyl (C=O) groups excluding carboxylic acids is 3. The first-order chi connectivity index (χ1) is 21.9. The highest BCUT2D eigenvalue weighted by molar-refractivity contribution is 6.06. The predicted octanol–water partition coefficient (Wildman–Crippen LogP) is 4.47. The third-order valence-corrected chi connectivity index (χ3v) is 9.96. The van der Waals surface area contributed by atoms with E-state index < -0.39 is 29.1 Å². The maximum Gasteiger partial charge on any atom is 0.253 e. The number of hydrogen-bond acceptors (Lipinski definition) is 5. The lowest BCUT2D eigenvalue weighted by Gasteiger charge is -2.37. The molecule has 1 unspecified atom stereocenters. The van der Waals surface area contributed by atoms with E-state index in [2.05, 4.69) is 0 Å². The Hall–Kier alpha value is -4.27. The molecule has 4 heterocycles. The highest BCUT2D eigenvalue weighted by Crippen LogP contribution is 2.57. The zero-order valence-electron chi connectivity index (χ0n) is 25.5. The first-order valence-electron chi connectivity index (χ1n) is 16.0. The highest BCUT2D eigenvalue weighted by Gasteiger charge is 2.74. The van der Waals surface area contributed by atoms with Crippen LogP contribution in [0.25, 0.3) is 10.8 Å². The minimum absolute atomic E-state index is 0.0724. The first kappa shape index (κ1) is 29.4. The van der Waals surface area contributed by atoms with Gasteiger partial charge >= 0.3 is 0 Å². The van der Waals surface area contributed by atoms with E-state index in [1.807, 2.05) is 104 Å². The Kier molecular flexibility index (Phi) is 7.58. The van der Waals surface area contributed by atoms with Crippen molar-refractivity contribution in [1.82, 2.24) is 9.80 Å². The molecule has 4 aliphatic heterocycles. The predicted molar refractivity (Wildman–Crippen MR) is 172 cm³/mol. The second-order valence-electron chi connectivity index (χ2n) is 12.8. The van der Waals surface area contributed by atoms with Crippen LogP contribution in [-0.2, 0) is 25.7 Å². The molecule has 0 aliphatic carbocycles. The lowest BCUT2D eigenvalue weighted by molar-refractivity contribution is -0.148. The van der Waals surface area contributed by atoms with Gasteiger partial charge in [-0.3, -0.25) is 14.4 Å². The van der Waals surface area contributed by atoms with E-state index in [1.54, 1.807) is 14.7 Å². The van der Waals surface area contributed by atoms with Crippen molar-refractivity contribution in [1.29, 1.82) is 0 Å². The monoisotopic (exact) mass is 605 g/mol. The maximum absolute atomic E-state index is 14.8. The molecule has 3 amide bonds. The lowest BCUT2D eigenvalue weighted by Crippen LogP contribution is -2.56. The van der Waals surface area contributed by atoms with E-state index in [1.165, 1.54) is 0 Å². The normalized spacial score (nSPS) is 29.2. The molecule has 2 fully saturated rings. The van der Waals surface area contributed by atoms with Crippen LogP contribution in [0.4, 0.5) is 5.69 Å². The fourth-order valence-corrected chi connectivity index (χ4v) is 7.90. The van der Waals surface area contributed by atoms with E-state index in [0.29, 0.717) is 39.0 Å². The van der Waals surface area contributed by atoms with Crippen LogP contribution in [0.1, 0.15) is 31.7 Å². The molecule has 1 N–H and O–H groups in total. The number of benzene rings is 3.